The first-order valence-electron chi connectivity index (χ1n) is 4.47. The number of nitrogens with zero attached hydrogens (tertiary/aromatic N) is 1. The van der Waals surface area contributed by atoms with Gasteiger partial charge in [-0.25, -0.2) is 0 Å². The minimum absolute atomic E-state index is 0.201. The molecule has 0 amide bonds. The molecule has 0 bridgehead atoms. The molecule has 1 N–H and O–H groups in total. The van der Waals surface area contributed by atoms with Crippen molar-refractivity contribution in [1.29, 1.82) is 0 Å². The highest BCUT2D eigenvalue weighted by molar-refractivity contribution is 5.23. The first kappa shape index (κ1) is 9.99. The molecule has 0 radical (unpaired) electrons. The summed E-state index contributed by atoms with van der Waals surface area (Å²) in [6, 6.07) is 2.00. The molecule has 1 aromatic heterocycles. The Kier molecular flexibility index (Phi) is 3.71. The highest BCUT2D eigenvalue weighted by atomic mass is 16.5. The quantitative estimate of drug-likeness (QED) is 0.764. The molecule has 72 valence electrons. The molecule has 1 aromatic rings. The van der Waals surface area contributed by atoms with Crippen LogP contribution in [-0.4, -0.2) is 18.1 Å². The van der Waals surface area contributed by atoms with E-state index in [0.717, 1.165) is 17.9 Å². The molecule has 0 saturated carbocycles. The Morgan fingerprint density at radius 3 is 2.85 bits per heavy atom. The molecule has 0 fully saturated rings. The van der Waals surface area contributed by atoms with Crippen LogP contribution in [-0.2, 0) is 6.54 Å². The van der Waals surface area contributed by atoms with Crippen LogP contribution >= 0.6 is 0 Å². The maximum Gasteiger partial charge on any atom is 0.138 e. The van der Waals surface area contributed by atoms with Gasteiger partial charge in [-0.15, -0.1) is 0 Å². The summed E-state index contributed by atoms with van der Waals surface area (Å²) in [4.78, 5) is 4.09. The minimum Gasteiger partial charge on any atom is -0.489 e. The summed E-state index contributed by atoms with van der Waals surface area (Å²) in [7, 11) is 1.91. The summed E-state index contributed by atoms with van der Waals surface area (Å²) >= 11 is 0. The second kappa shape index (κ2) is 4.82. The number of ether oxygens (including phenoxy) is 1. The molecule has 0 atom stereocenters. The molecule has 0 aliphatic carbocycles. The Balaban J connectivity index is 2.67. The fraction of sp³-hybridized carbons (Fsp3) is 0.500. The van der Waals surface area contributed by atoms with E-state index in [4.69, 9.17) is 4.74 Å². The predicted molar refractivity (Wildman–Crippen MR) is 52.8 cm³/mol. The van der Waals surface area contributed by atoms with E-state index in [2.05, 4.69) is 10.3 Å². The third kappa shape index (κ3) is 3.42. The Morgan fingerprint density at radius 1 is 1.46 bits per heavy atom. The van der Waals surface area contributed by atoms with Gasteiger partial charge >= 0.3 is 0 Å². The minimum atomic E-state index is 0.201. The lowest BCUT2D eigenvalue weighted by Gasteiger charge is -2.09. The Hall–Kier alpha value is -1.09. The van der Waals surface area contributed by atoms with E-state index in [0.29, 0.717) is 0 Å². The highest BCUT2D eigenvalue weighted by Crippen LogP contribution is 2.12. The Morgan fingerprint density at radius 2 is 2.23 bits per heavy atom. The normalized spacial score (nSPS) is 10.5. The lowest BCUT2D eigenvalue weighted by Crippen LogP contribution is -2.08. The maximum absolute atomic E-state index is 5.51. The van der Waals surface area contributed by atoms with Gasteiger partial charge in [0.15, 0.2) is 0 Å². The predicted octanol–water partition coefficient (Wildman–Crippen LogP) is 1.59. The smallest absolute Gasteiger partial charge is 0.138 e. The van der Waals surface area contributed by atoms with Gasteiger partial charge in [-0.1, -0.05) is 0 Å². The van der Waals surface area contributed by atoms with Crippen molar-refractivity contribution in [3.05, 3.63) is 24.0 Å². The summed E-state index contributed by atoms with van der Waals surface area (Å²) in [6.45, 7) is 4.83. The van der Waals surface area contributed by atoms with Crippen LogP contribution in [0.25, 0.3) is 0 Å². The van der Waals surface area contributed by atoms with E-state index in [1.807, 2.05) is 33.2 Å². The van der Waals surface area contributed by atoms with Crippen LogP contribution in [0.1, 0.15) is 19.4 Å². The molecule has 1 rings (SSSR count). The van der Waals surface area contributed by atoms with Crippen molar-refractivity contribution in [3.63, 3.8) is 0 Å². The molecule has 0 aliphatic heterocycles. The van der Waals surface area contributed by atoms with Gasteiger partial charge in [-0.05, 0) is 32.5 Å². The second-order valence-electron chi connectivity index (χ2n) is 3.23. The van der Waals surface area contributed by atoms with Crippen molar-refractivity contribution < 1.29 is 4.74 Å². The molecule has 0 unspecified atom stereocenters. The van der Waals surface area contributed by atoms with Gasteiger partial charge in [-0.2, -0.15) is 0 Å². The first-order chi connectivity index (χ1) is 6.22. The number of nitrogens with one attached hydrogen (secondary N) is 1. The van der Waals surface area contributed by atoms with E-state index in [1.165, 1.54) is 0 Å². The van der Waals surface area contributed by atoms with E-state index < -0.39 is 0 Å². The van der Waals surface area contributed by atoms with Crippen LogP contribution in [0.5, 0.6) is 5.75 Å². The zero-order chi connectivity index (χ0) is 9.68. The van der Waals surface area contributed by atoms with Gasteiger partial charge in [0.2, 0.25) is 0 Å². The average molecular weight is 180 g/mol. The number of rotatable bonds is 4. The third-order valence-corrected chi connectivity index (χ3v) is 1.52. The van der Waals surface area contributed by atoms with Gasteiger partial charge in [0.25, 0.3) is 0 Å². The van der Waals surface area contributed by atoms with Crippen molar-refractivity contribution in [2.45, 2.75) is 26.5 Å². The number of hydrogen-bond donors (Lipinski definition) is 1. The van der Waals surface area contributed by atoms with Crippen LogP contribution in [0.15, 0.2) is 18.5 Å². The van der Waals surface area contributed by atoms with Crippen molar-refractivity contribution in [2.75, 3.05) is 7.05 Å². The van der Waals surface area contributed by atoms with E-state index in [9.17, 15) is 0 Å². The lowest BCUT2D eigenvalue weighted by molar-refractivity contribution is 0.241. The van der Waals surface area contributed by atoms with Crippen LogP contribution in [0.3, 0.4) is 0 Å². The van der Waals surface area contributed by atoms with Gasteiger partial charge in [0.05, 0.1) is 12.3 Å². The van der Waals surface area contributed by atoms with E-state index in [1.54, 1.807) is 6.20 Å². The standard InChI is InChI=1S/C10H16N2O/c1-8(2)13-10-4-9(5-11-3)6-12-7-10/h4,6-8,11H,5H2,1-3H3. The van der Waals surface area contributed by atoms with Gasteiger partial charge < -0.3 is 10.1 Å². The number of aromatic nitrogens is 1. The number of hydrogen-bond acceptors (Lipinski definition) is 3. The molecule has 0 spiro atoms. The molecule has 0 saturated heterocycles. The largest absolute Gasteiger partial charge is 0.489 e. The topological polar surface area (TPSA) is 34.2 Å². The monoisotopic (exact) mass is 180 g/mol. The van der Waals surface area contributed by atoms with Crippen molar-refractivity contribution in [1.82, 2.24) is 10.3 Å². The molecule has 0 aliphatic rings. The average Bonchev–Trinajstić information content (AvgIpc) is 2.04. The summed E-state index contributed by atoms with van der Waals surface area (Å²) in [6.07, 6.45) is 3.77. The summed E-state index contributed by atoms with van der Waals surface area (Å²) in [5.74, 6) is 0.836. The van der Waals surface area contributed by atoms with Crippen molar-refractivity contribution in [2.24, 2.45) is 0 Å². The second-order valence-corrected chi connectivity index (χ2v) is 3.23. The van der Waals surface area contributed by atoms with Gasteiger partial charge in [0.1, 0.15) is 5.75 Å². The molecule has 0 aromatic carbocycles. The summed E-state index contributed by atoms with van der Waals surface area (Å²) in [5, 5.41) is 3.07. The third-order valence-electron chi connectivity index (χ3n) is 1.52. The molecule has 3 heteroatoms. The Bertz CT molecular complexity index is 261. The highest BCUT2D eigenvalue weighted by Gasteiger charge is 1.98. The van der Waals surface area contributed by atoms with Crippen LogP contribution in [0, 0.1) is 0 Å². The fourth-order valence-corrected chi connectivity index (χ4v) is 1.10. The zero-order valence-electron chi connectivity index (χ0n) is 8.37. The van der Waals surface area contributed by atoms with Crippen molar-refractivity contribution in [3.8, 4) is 5.75 Å². The van der Waals surface area contributed by atoms with Crippen LogP contribution in [0.4, 0.5) is 0 Å². The zero-order valence-corrected chi connectivity index (χ0v) is 8.37. The SMILES string of the molecule is CNCc1cncc(OC(C)C)c1. The van der Waals surface area contributed by atoms with Gasteiger partial charge in [0, 0.05) is 12.7 Å². The van der Waals surface area contributed by atoms with E-state index >= 15 is 0 Å². The van der Waals surface area contributed by atoms with Crippen LogP contribution in [0.2, 0.25) is 0 Å². The summed E-state index contributed by atoms with van der Waals surface area (Å²) in [5.41, 5.74) is 1.14. The first-order valence-corrected chi connectivity index (χ1v) is 4.47. The molecular formula is C10H16N2O. The lowest BCUT2D eigenvalue weighted by atomic mass is 10.3. The maximum atomic E-state index is 5.51. The Labute approximate surface area is 79.1 Å². The van der Waals surface area contributed by atoms with Crippen LogP contribution < -0.4 is 10.1 Å². The molecular weight excluding hydrogens is 164 g/mol. The van der Waals surface area contributed by atoms with Crippen molar-refractivity contribution >= 4 is 0 Å². The number of pyridine rings is 1. The molecule has 1 heterocycles. The molecule has 3 nitrogen and oxygen atoms in total. The van der Waals surface area contributed by atoms with Gasteiger partial charge in [-0.3, -0.25) is 4.98 Å². The van der Waals surface area contributed by atoms with E-state index in [-0.39, 0.29) is 6.10 Å². The summed E-state index contributed by atoms with van der Waals surface area (Å²) < 4.78 is 5.51. The molecule has 13 heavy (non-hydrogen) atoms. The fourth-order valence-electron chi connectivity index (χ4n) is 1.10.